The Morgan fingerprint density at radius 2 is 2.10 bits per heavy atom. The summed E-state index contributed by atoms with van der Waals surface area (Å²) in [7, 11) is 2.93. The molecule has 0 aromatic heterocycles. The molecule has 1 atom stereocenters. The van der Waals surface area contributed by atoms with Crippen molar-refractivity contribution in [1.29, 1.82) is 0 Å². The van der Waals surface area contributed by atoms with Crippen LogP contribution in [0.5, 0.6) is 0 Å². The summed E-state index contributed by atoms with van der Waals surface area (Å²) in [5, 5.41) is 8.36. The fourth-order valence-corrected chi connectivity index (χ4v) is 4.37. The highest BCUT2D eigenvalue weighted by Gasteiger charge is 2.40. The van der Waals surface area contributed by atoms with Crippen LogP contribution in [0, 0.1) is 5.82 Å². The van der Waals surface area contributed by atoms with Gasteiger partial charge in [-0.15, -0.1) is 11.8 Å². The molecular weight excluding hydrogens is 409 g/mol. The average Bonchev–Trinajstić information content (AvgIpc) is 2.99. The Morgan fingerprint density at radius 3 is 2.69 bits per heavy atom. The van der Waals surface area contributed by atoms with E-state index in [2.05, 4.69) is 15.7 Å². The fourth-order valence-electron chi connectivity index (χ4n) is 3.26. The van der Waals surface area contributed by atoms with Crippen LogP contribution in [0.1, 0.15) is 6.42 Å². The van der Waals surface area contributed by atoms with Gasteiger partial charge in [0, 0.05) is 43.8 Å². The molecule has 1 aromatic carbocycles. The second-order valence-corrected chi connectivity index (χ2v) is 7.82. The van der Waals surface area contributed by atoms with Gasteiger partial charge in [-0.05, 0) is 6.07 Å². The number of halogens is 3. The van der Waals surface area contributed by atoms with Crippen LogP contribution in [0.3, 0.4) is 0 Å². The SMILES string of the molecule is CN/C(=N\N)C(=O)N[C@H]1CSc2cc(N3CCC(F)(F)C3)c(F)cc2N(C)C1=O. The third kappa shape index (κ3) is 4.21. The van der Waals surface area contributed by atoms with Crippen LogP contribution < -0.4 is 26.3 Å². The van der Waals surface area contributed by atoms with E-state index >= 15 is 0 Å². The van der Waals surface area contributed by atoms with Gasteiger partial charge in [0.15, 0.2) is 0 Å². The Bertz CT molecular complexity index is 866. The first-order valence-corrected chi connectivity index (χ1v) is 9.78. The molecule has 0 unspecified atom stereocenters. The molecule has 4 N–H and O–H groups in total. The predicted octanol–water partition coefficient (Wildman–Crippen LogP) is 0.716. The number of benzene rings is 1. The van der Waals surface area contributed by atoms with Gasteiger partial charge in [-0.25, -0.2) is 13.2 Å². The molecule has 1 saturated heterocycles. The molecule has 0 saturated carbocycles. The van der Waals surface area contributed by atoms with Gasteiger partial charge in [0.2, 0.25) is 11.7 Å². The summed E-state index contributed by atoms with van der Waals surface area (Å²) >= 11 is 1.23. The Morgan fingerprint density at radius 1 is 1.38 bits per heavy atom. The first kappa shape index (κ1) is 21.1. The number of nitrogens with zero attached hydrogens (tertiary/aromatic N) is 3. The van der Waals surface area contributed by atoms with E-state index in [1.54, 1.807) is 0 Å². The molecule has 1 fully saturated rings. The number of hydrazone groups is 1. The van der Waals surface area contributed by atoms with Crippen molar-refractivity contribution in [2.24, 2.45) is 10.9 Å². The number of nitrogens with two attached hydrogens (primary N) is 1. The van der Waals surface area contributed by atoms with Gasteiger partial charge in [-0.3, -0.25) is 9.59 Å². The highest BCUT2D eigenvalue weighted by atomic mass is 32.2. The molecule has 12 heteroatoms. The van der Waals surface area contributed by atoms with Crippen LogP contribution in [0.4, 0.5) is 24.5 Å². The Hall–Kier alpha value is -2.63. The molecule has 2 aliphatic rings. The molecule has 158 valence electrons. The number of amidine groups is 1. The van der Waals surface area contributed by atoms with Crippen LogP contribution in [0.2, 0.25) is 0 Å². The molecule has 0 bridgehead atoms. The first-order valence-electron chi connectivity index (χ1n) is 8.80. The maximum Gasteiger partial charge on any atom is 0.289 e. The number of likely N-dealkylation sites (N-methyl/N-ethyl adjacent to an activating group) is 2. The van der Waals surface area contributed by atoms with Crippen LogP contribution in [-0.2, 0) is 9.59 Å². The van der Waals surface area contributed by atoms with Gasteiger partial charge in [0.1, 0.15) is 11.9 Å². The molecule has 0 spiro atoms. The number of thioether (sulfide) groups is 1. The molecule has 0 aliphatic carbocycles. The van der Waals surface area contributed by atoms with E-state index in [0.717, 1.165) is 6.07 Å². The second kappa shape index (κ2) is 8.01. The number of anilines is 2. The zero-order valence-corrected chi connectivity index (χ0v) is 16.7. The van der Waals surface area contributed by atoms with E-state index in [1.807, 2.05) is 0 Å². The smallest absolute Gasteiger partial charge is 0.289 e. The number of carbonyl (C=O) groups is 2. The molecule has 0 radical (unpaired) electrons. The number of carbonyl (C=O) groups excluding carboxylic acids is 2. The summed E-state index contributed by atoms with van der Waals surface area (Å²) < 4.78 is 41.8. The minimum atomic E-state index is -2.86. The molecule has 29 heavy (non-hydrogen) atoms. The number of nitrogens with one attached hydrogen (secondary N) is 2. The van der Waals surface area contributed by atoms with Gasteiger partial charge >= 0.3 is 0 Å². The second-order valence-electron chi connectivity index (χ2n) is 6.76. The maximum atomic E-state index is 14.7. The average molecular weight is 430 g/mol. The van der Waals surface area contributed by atoms with E-state index in [1.165, 1.54) is 41.7 Å². The van der Waals surface area contributed by atoms with Gasteiger partial charge in [0.05, 0.1) is 17.9 Å². The third-order valence-corrected chi connectivity index (χ3v) is 5.96. The monoisotopic (exact) mass is 430 g/mol. The number of fused-ring (bicyclic) bond motifs is 1. The lowest BCUT2D eigenvalue weighted by molar-refractivity contribution is -0.123. The van der Waals surface area contributed by atoms with Crippen molar-refractivity contribution >= 4 is 40.8 Å². The van der Waals surface area contributed by atoms with E-state index in [4.69, 9.17) is 5.84 Å². The van der Waals surface area contributed by atoms with Gasteiger partial charge in [-0.2, -0.15) is 5.10 Å². The zero-order valence-electron chi connectivity index (χ0n) is 15.8. The lowest BCUT2D eigenvalue weighted by Crippen LogP contribution is -2.52. The van der Waals surface area contributed by atoms with Crippen LogP contribution in [0.15, 0.2) is 22.1 Å². The van der Waals surface area contributed by atoms with Crippen molar-refractivity contribution in [2.45, 2.75) is 23.3 Å². The first-order chi connectivity index (χ1) is 13.7. The normalized spacial score (nSPS) is 21.6. The molecule has 3 rings (SSSR count). The summed E-state index contributed by atoms with van der Waals surface area (Å²) in [5.41, 5.74) is 0.384. The maximum absolute atomic E-state index is 14.7. The van der Waals surface area contributed by atoms with Gasteiger partial charge in [-0.1, -0.05) is 0 Å². The number of rotatable bonds is 2. The molecule has 2 aliphatic heterocycles. The van der Waals surface area contributed by atoms with E-state index in [9.17, 15) is 22.8 Å². The lowest BCUT2D eigenvalue weighted by atomic mass is 10.2. The summed E-state index contributed by atoms with van der Waals surface area (Å²) in [5.74, 6) is 0.515. The van der Waals surface area contributed by atoms with Gasteiger partial charge in [0.25, 0.3) is 11.8 Å². The summed E-state index contributed by atoms with van der Waals surface area (Å²) in [6.45, 7) is -0.502. The van der Waals surface area contributed by atoms with Crippen molar-refractivity contribution in [1.82, 2.24) is 10.6 Å². The van der Waals surface area contributed by atoms with Crippen LogP contribution in [-0.4, -0.2) is 62.6 Å². The largest absolute Gasteiger partial charge is 0.367 e. The number of amides is 2. The van der Waals surface area contributed by atoms with Crippen molar-refractivity contribution in [3.8, 4) is 0 Å². The van der Waals surface area contributed by atoms with E-state index in [0.29, 0.717) is 10.6 Å². The predicted molar refractivity (Wildman–Crippen MR) is 105 cm³/mol. The van der Waals surface area contributed by atoms with Crippen molar-refractivity contribution < 1.29 is 22.8 Å². The Kier molecular flexibility index (Phi) is 5.82. The minimum absolute atomic E-state index is 0.0477. The van der Waals surface area contributed by atoms with Crippen molar-refractivity contribution in [3.05, 3.63) is 17.9 Å². The Balaban J connectivity index is 1.85. The highest BCUT2D eigenvalue weighted by Crippen LogP contribution is 2.40. The lowest BCUT2D eigenvalue weighted by Gasteiger charge is -2.24. The zero-order chi connectivity index (χ0) is 21.3. The number of hydrogen-bond acceptors (Lipinski definition) is 6. The van der Waals surface area contributed by atoms with Crippen LogP contribution in [0.25, 0.3) is 0 Å². The quantitative estimate of drug-likeness (QED) is 0.277. The topological polar surface area (TPSA) is 103 Å². The van der Waals surface area contributed by atoms with E-state index < -0.39 is 36.1 Å². The molecule has 2 amide bonds. The van der Waals surface area contributed by atoms with Crippen molar-refractivity contribution in [2.75, 3.05) is 42.7 Å². The van der Waals surface area contributed by atoms with Crippen LogP contribution >= 0.6 is 11.8 Å². The standard InChI is InChI=1S/C17H21F3N6O2S/c1-22-14(24-21)15(27)23-10-7-29-13-6-11(26-4-3-17(19,20)8-26)9(18)5-12(13)25(2)16(10)28/h5-6,10H,3-4,7-8,21H2,1-2H3,(H,22,24)(H,23,27)/t10-/m0/s1. The Labute approximate surface area is 169 Å². The highest BCUT2D eigenvalue weighted by molar-refractivity contribution is 7.99. The molecule has 1 aromatic rings. The van der Waals surface area contributed by atoms with E-state index in [-0.39, 0.29) is 30.2 Å². The van der Waals surface area contributed by atoms with Crippen molar-refractivity contribution in [3.63, 3.8) is 0 Å². The molecule has 2 heterocycles. The number of alkyl halides is 2. The molecule has 8 nitrogen and oxygen atoms in total. The van der Waals surface area contributed by atoms with Gasteiger partial charge < -0.3 is 26.3 Å². The summed E-state index contributed by atoms with van der Waals surface area (Å²) in [4.78, 5) is 28.0. The summed E-state index contributed by atoms with van der Waals surface area (Å²) in [6.07, 6.45) is -0.334. The number of hydrogen-bond donors (Lipinski definition) is 3. The molecular formula is C17H21F3N6O2S. The third-order valence-electron chi connectivity index (χ3n) is 4.82. The minimum Gasteiger partial charge on any atom is -0.367 e. The fraction of sp³-hybridized carbons (Fsp3) is 0.471. The summed E-state index contributed by atoms with van der Waals surface area (Å²) in [6, 6.07) is 1.74.